The molecule has 21 heavy (non-hydrogen) atoms. The number of fused-ring (bicyclic) bond motifs is 2. The fourth-order valence-electron chi connectivity index (χ4n) is 3.35. The largest absolute Gasteiger partial charge is 0.443 e. The van der Waals surface area contributed by atoms with Crippen molar-refractivity contribution in [3.63, 3.8) is 0 Å². The van der Waals surface area contributed by atoms with Gasteiger partial charge in [-0.3, -0.25) is 0 Å². The molecule has 1 N–H and O–H groups in total. The van der Waals surface area contributed by atoms with E-state index in [1.54, 1.807) is 0 Å². The maximum atomic E-state index is 12.7. The van der Waals surface area contributed by atoms with Crippen molar-refractivity contribution in [2.24, 2.45) is 5.92 Å². The van der Waals surface area contributed by atoms with E-state index in [0.717, 1.165) is 43.6 Å². The van der Waals surface area contributed by atoms with Crippen LogP contribution in [0.3, 0.4) is 0 Å². The van der Waals surface area contributed by atoms with E-state index in [2.05, 4.69) is 17.2 Å². The van der Waals surface area contributed by atoms with E-state index in [9.17, 15) is 13.2 Å². The number of nitrogens with zero attached hydrogens (tertiary/aromatic N) is 1. The van der Waals surface area contributed by atoms with E-state index in [4.69, 9.17) is 4.74 Å². The first kappa shape index (κ1) is 15.2. The molecule has 2 fully saturated rings. The molecule has 1 aromatic heterocycles. The smallest absolute Gasteiger partial charge is 0.375 e. The van der Waals surface area contributed by atoms with Crippen molar-refractivity contribution < 1.29 is 17.9 Å². The van der Waals surface area contributed by atoms with Crippen LogP contribution in [0.5, 0.6) is 0 Å². The van der Waals surface area contributed by atoms with Crippen LogP contribution < -0.4 is 5.32 Å². The normalized spacial score (nSPS) is 30.0. The average Bonchev–Trinajstić information content (AvgIpc) is 3.14. The first-order valence-electron chi connectivity index (χ1n) is 7.40. The lowest BCUT2D eigenvalue weighted by Crippen LogP contribution is -2.33. The third-order valence-corrected chi connectivity index (χ3v) is 5.39. The summed E-state index contributed by atoms with van der Waals surface area (Å²) in [6, 6.07) is -0.0751. The predicted molar refractivity (Wildman–Crippen MR) is 74.2 cm³/mol. The number of ether oxygens (including phenoxy) is 1. The Balaban J connectivity index is 1.80. The Hall–Kier alpha value is -0.660. The fraction of sp³-hybridized carbons (Fsp3) is 0.786. The van der Waals surface area contributed by atoms with Crippen LogP contribution in [0.1, 0.15) is 48.5 Å². The van der Waals surface area contributed by atoms with E-state index in [1.807, 2.05) is 0 Å². The van der Waals surface area contributed by atoms with Gasteiger partial charge in [0.05, 0.1) is 12.2 Å². The van der Waals surface area contributed by atoms with Crippen LogP contribution in [0.25, 0.3) is 0 Å². The molecule has 2 bridgehead atoms. The zero-order valence-corrected chi connectivity index (χ0v) is 12.6. The van der Waals surface area contributed by atoms with Crippen molar-refractivity contribution in [2.75, 3.05) is 6.54 Å². The van der Waals surface area contributed by atoms with Crippen molar-refractivity contribution in [1.82, 2.24) is 10.3 Å². The fourth-order valence-corrected chi connectivity index (χ4v) is 4.29. The molecule has 3 nitrogen and oxygen atoms in total. The van der Waals surface area contributed by atoms with Gasteiger partial charge in [-0.05, 0) is 32.2 Å². The molecular formula is C14H19F3N2OS. The summed E-state index contributed by atoms with van der Waals surface area (Å²) < 4.78 is 44.1. The minimum atomic E-state index is -4.36. The van der Waals surface area contributed by atoms with Crippen LogP contribution in [0.15, 0.2) is 6.20 Å². The summed E-state index contributed by atoms with van der Waals surface area (Å²) in [6.45, 7) is 2.84. The average molecular weight is 320 g/mol. The second-order valence-electron chi connectivity index (χ2n) is 5.77. The van der Waals surface area contributed by atoms with Gasteiger partial charge >= 0.3 is 6.18 Å². The molecule has 4 atom stereocenters. The summed E-state index contributed by atoms with van der Waals surface area (Å²) in [6.07, 6.45) is 1.48. The van der Waals surface area contributed by atoms with Crippen LogP contribution in [0, 0.1) is 5.92 Å². The van der Waals surface area contributed by atoms with Gasteiger partial charge in [0.25, 0.3) is 0 Å². The molecule has 0 amide bonds. The number of hydrogen-bond acceptors (Lipinski definition) is 4. The quantitative estimate of drug-likeness (QED) is 0.897. The van der Waals surface area contributed by atoms with Gasteiger partial charge in [-0.2, -0.15) is 13.2 Å². The molecule has 0 aromatic carbocycles. The second kappa shape index (κ2) is 5.85. The second-order valence-corrected chi connectivity index (χ2v) is 6.83. The van der Waals surface area contributed by atoms with Crippen molar-refractivity contribution in [3.05, 3.63) is 16.1 Å². The monoisotopic (exact) mass is 320 g/mol. The van der Waals surface area contributed by atoms with Gasteiger partial charge in [-0.25, -0.2) is 4.98 Å². The number of alkyl halides is 3. The van der Waals surface area contributed by atoms with Crippen LogP contribution in [-0.4, -0.2) is 23.7 Å². The molecule has 2 aliphatic rings. The Morgan fingerprint density at radius 1 is 1.48 bits per heavy atom. The SMILES string of the molecule is CCCNC(c1cnc(C(F)(F)F)s1)C1CC2CCC1O2. The first-order valence-corrected chi connectivity index (χ1v) is 8.22. The molecule has 118 valence electrons. The molecule has 7 heteroatoms. The molecule has 0 radical (unpaired) electrons. The Kier molecular flexibility index (Phi) is 4.25. The molecule has 0 aliphatic carbocycles. The highest BCUT2D eigenvalue weighted by Gasteiger charge is 2.45. The highest BCUT2D eigenvalue weighted by atomic mass is 32.1. The summed E-state index contributed by atoms with van der Waals surface area (Å²) in [5, 5.41) is 2.64. The first-order chi connectivity index (χ1) is 9.99. The summed E-state index contributed by atoms with van der Waals surface area (Å²) in [5.74, 6) is 0.261. The maximum absolute atomic E-state index is 12.7. The van der Waals surface area contributed by atoms with Gasteiger partial charge in [-0.1, -0.05) is 6.92 Å². The van der Waals surface area contributed by atoms with Gasteiger partial charge < -0.3 is 10.1 Å². The third kappa shape index (κ3) is 3.10. The minimum absolute atomic E-state index is 0.0751. The van der Waals surface area contributed by atoms with Crippen molar-refractivity contribution in [3.8, 4) is 0 Å². The van der Waals surface area contributed by atoms with Crippen LogP contribution in [0.2, 0.25) is 0 Å². The molecule has 0 saturated carbocycles. The van der Waals surface area contributed by atoms with Crippen molar-refractivity contribution >= 4 is 11.3 Å². The summed E-state index contributed by atoms with van der Waals surface area (Å²) in [7, 11) is 0. The molecule has 0 spiro atoms. The van der Waals surface area contributed by atoms with Crippen LogP contribution in [-0.2, 0) is 10.9 Å². The van der Waals surface area contributed by atoms with Crippen molar-refractivity contribution in [1.29, 1.82) is 0 Å². The molecule has 3 heterocycles. The zero-order valence-electron chi connectivity index (χ0n) is 11.8. The van der Waals surface area contributed by atoms with Gasteiger partial charge in [-0.15, -0.1) is 11.3 Å². The Bertz CT molecular complexity index is 491. The van der Waals surface area contributed by atoms with E-state index < -0.39 is 11.2 Å². The lowest BCUT2D eigenvalue weighted by atomic mass is 9.83. The Morgan fingerprint density at radius 3 is 2.81 bits per heavy atom. The topological polar surface area (TPSA) is 34.2 Å². The lowest BCUT2D eigenvalue weighted by Gasteiger charge is -2.28. The molecule has 1 aromatic rings. The minimum Gasteiger partial charge on any atom is -0.375 e. The summed E-state index contributed by atoms with van der Waals surface area (Å²) in [4.78, 5) is 4.24. The molecule has 2 aliphatic heterocycles. The maximum Gasteiger partial charge on any atom is 0.443 e. The van der Waals surface area contributed by atoms with E-state index >= 15 is 0 Å². The summed E-state index contributed by atoms with van der Waals surface area (Å²) in [5.41, 5.74) is 0. The third-order valence-electron chi connectivity index (χ3n) is 4.27. The highest BCUT2D eigenvalue weighted by molar-refractivity contribution is 7.11. The van der Waals surface area contributed by atoms with Crippen molar-refractivity contribution in [2.45, 2.75) is 57.0 Å². The standard InChI is InChI=1S/C14H19F3N2OS/c1-2-5-18-12(9-6-8-3-4-10(9)20-8)11-7-19-13(21-11)14(15,16)17/h7-10,12,18H,2-6H2,1H3. The number of rotatable bonds is 5. The zero-order chi connectivity index (χ0) is 15.0. The number of hydrogen-bond donors (Lipinski definition) is 1. The Morgan fingerprint density at radius 2 is 2.29 bits per heavy atom. The molecular weight excluding hydrogens is 301 g/mol. The van der Waals surface area contributed by atoms with Gasteiger partial charge in [0.2, 0.25) is 0 Å². The number of nitrogens with one attached hydrogen (secondary N) is 1. The van der Waals surface area contributed by atoms with E-state index in [0.29, 0.717) is 11.0 Å². The number of halogens is 3. The Labute approximate surface area is 125 Å². The molecule has 3 rings (SSSR count). The van der Waals surface area contributed by atoms with Crippen LogP contribution in [0.4, 0.5) is 13.2 Å². The van der Waals surface area contributed by atoms with Gasteiger partial charge in [0.15, 0.2) is 5.01 Å². The van der Waals surface area contributed by atoms with Gasteiger partial charge in [0, 0.05) is 23.0 Å². The van der Waals surface area contributed by atoms with E-state index in [1.165, 1.54) is 6.20 Å². The van der Waals surface area contributed by atoms with E-state index in [-0.39, 0.29) is 18.1 Å². The number of thiazole rings is 1. The predicted octanol–water partition coefficient (Wildman–Crippen LogP) is 3.77. The van der Waals surface area contributed by atoms with Gasteiger partial charge in [0.1, 0.15) is 0 Å². The molecule has 2 saturated heterocycles. The van der Waals surface area contributed by atoms with Crippen LogP contribution >= 0.6 is 11.3 Å². The highest BCUT2D eigenvalue weighted by Crippen LogP contribution is 2.46. The lowest BCUT2D eigenvalue weighted by molar-refractivity contribution is -0.137. The number of aromatic nitrogens is 1. The summed E-state index contributed by atoms with van der Waals surface area (Å²) >= 11 is 0.758. The molecule has 4 unspecified atom stereocenters.